The fourth-order valence-corrected chi connectivity index (χ4v) is 4.88. The average Bonchev–Trinajstić information content (AvgIpc) is 3.23. The molecular formula is C25H38N8O2. The van der Waals surface area contributed by atoms with Crippen molar-refractivity contribution >= 4 is 17.3 Å². The summed E-state index contributed by atoms with van der Waals surface area (Å²) < 4.78 is 7.65. The molecule has 1 fully saturated rings. The van der Waals surface area contributed by atoms with E-state index >= 15 is 0 Å². The van der Waals surface area contributed by atoms with Crippen molar-refractivity contribution in [1.82, 2.24) is 29.9 Å². The van der Waals surface area contributed by atoms with Crippen LogP contribution in [0.25, 0.3) is 5.65 Å². The van der Waals surface area contributed by atoms with Gasteiger partial charge in [0.25, 0.3) is 0 Å². The first kappa shape index (κ1) is 25.1. The number of nitrogen functional groups attached to an aromatic ring is 1. The normalized spacial score (nSPS) is 15.6. The van der Waals surface area contributed by atoms with Crippen LogP contribution in [0.3, 0.4) is 0 Å². The molecule has 0 saturated carbocycles. The van der Waals surface area contributed by atoms with Gasteiger partial charge in [-0.15, -0.1) is 5.10 Å². The molecule has 1 unspecified atom stereocenters. The summed E-state index contributed by atoms with van der Waals surface area (Å²) in [7, 11) is 2.02. The lowest BCUT2D eigenvalue weighted by molar-refractivity contribution is 0.133. The number of imidazole rings is 1. The van der Waals surface area contributed by atoms with Crippen LogP contribution in [0.5, 0.6) is 6.01 Å². The van der Waals surface area contributed by atoms with Gasteiger partial charge < -0.3 is 25.8 Å². The molecule has 0 radical (unpaired) electrons. The number of aryl methyl sites for hydroxylation is 1. The quantitative estimate of drug-likeness (QED) is 0.377. The van der Waals surface area contributed by atoms with Crippen molar-refractivity contribution in [3.8, 4) is 6.01 Å². The van der Waals surface area contributed by atoms with Gasteiger partial charge in [-0.25, -0.2) is 14.5 Å². The number of hydrogen-bond acceptors (Lipinski definition) is 9. The second kappa shape index (κ2) is 11.6. The van der Waals surface area contributed by atoms with Gasteiger partial charge in [0.2, 0.25) is 0 Å². The van der Waals surface area contributed by atoms with Crippen LogP contribution in [-0.4, -0.2) is 69.1 Å². The zero-order chi connectivity index (χ0) is 24.8. The first-order valence-electron chi connectivity index (χ1n) is 12.6. The Morgan fingerprint density at radius 3 is 2.71 bits per heavy atom. The lowest BCUT2D eigenvalue weighted by Gasteiger charge is -2.33. The van der Waals surface area contributed by atoms with Crippen molar-refractivity contribution in [1.29, 1.82) is 0 Å². The minimum Gasteiger partial charge on any atom is -0.459 e. The summed E-state index contributed by atoms with van der Waals surface area (Å²) in [6, 6.07) is 2.40. The summed E-state index contributed by atoms with van der Waals surface area (Å²) in [5.74, 6) is 2.09. The lowest BCUT2D eigenvalue weighted by atomic mass is 9.96. The van der Waals surface area contributed by atoms with Crippen molar-refractivity contribution in [3.05, 3.63) is 35.3 Å². The highest BCUT2D eigenvalue weighted by atomic mass is 16.5. The van der Waals surface area contributed by atoms with Gasteiger partial charge in [0.15, 0.2) is 11.5 Å². The molecule has 35 heavy (non-hydrogen) atoms. The monoisotopic (exact) mass is 482 g/mol. The van der Waals surface area contributed by atoms with Gasteiger partial charge in [0, 0.05) is 38.7 Å². The largest absolute Gasteiger partial charge is 0.459 e. The van der Waals surface area contributed by atoms with Crippen LogP contribution in [0.15, 0.2) is 18.5 Å². The second-order valence-corrected chi connectivity index (χ2v) is 9.45. The van der Waals surface area contributed by atoms with Crippen molar-refractivity contribution in [2.24, 2.45) is 5.92 Å². The Kier molecular flexibility index (Phi) is 8.35. The van der Waals surface area contributed by atoms with Gasteiger partial charge in [-0.3, -0.25) is 0 Å². The van der Waals surface area contributed by atoms with Crippen molar-refractivity contribution in [2.75, 3.05) is 43.9 Å². The van der Waals surface area contributed by atoms with Gasteiger partial charge in [0.1, 0.15) is 11.9 Å². The van der Waals surface area contributed by atoms with E-state index in [1.54, 1.807) is 10.7 Å². The molecule has 1 saturated heterocycles. The highest BCUT2D eigenvalue weighted by Crippen LogP contribution is 2.26. The van der Waals surface area contributed by atoms with Gasteiger partial charge in [-0.05, 0) is 56.8 Å². The number of nitrogens with one attached hydrogen (secondary N) is 1. The van der Waals surface area contributed by atoms with Crippen LogP contribution in [-0.2, 0) is 6.42 Å². The predicted molar refractivity (Wildman–Crippen MR) is 137 cm³/mol. The van der Waals surface area contributed by atoms with E-state index in [1.807, 2.05) is 13.2 Å². The lowest BCUT2D eigenvalue weighted by Crippen LogP contribution is -2.37. The molecule has 0 aliphatic carbocycles. The number of anilines is 2. The zero-order valence-corrected chi connectivity index (χ0v) is 21.1. The Hall–Kier alpha value is -2.98. The first-order chi connectivity index (χ1) is 17.0. The maximum absolute atomic E-state index is 9.33. The van der Waals surface area contributed by atoms with Crippen molar-refractivity contribution < 1.29 is 9.84 Å². The van der Waals surface area contributed by atoms with Crippen LogP contribution in [0.4, 0.5) is 11.6 Å². The highest BCUT2D eigenvalue weighted by Gasteiger charge is 2.21. The van der Waals surface area contributed by atoms with Crippen LogP contribution in [0, 0.1) is 12.8 Å². The standard InChI is InChI=1S/C25H38N8O2/c1-4-5-21(8-11-34)35-25-30-22(26)24-29-16-20(33(24)31-25)13-19-12-17(2)23(28-15-19)32-9-6-18(7-10-32)14-27-3/h12,15-16,18,21,27,34H,4-11,13-14H2,1-3H3,(H2,26,30,31). The van der Waals surface area contributed by atoms with E-state index < -0.39 is 0 Å². The highest BCUT2D eigenvalue weighted by molar-refractivity contribution is 5.60. The smallest absolute Gasteiger partial charge is 0.336 e. The Morgan fingerprint density at radius 1 is 1.23 bits per heavy atom. The van der Waals surface area contributed by atoms with E-state index in [0.717, 1.165) is 55.5 Å². The average molecular weight is 483 g/mol. The molecule has 4 N–H and O–H groups in total. The van der Waals surface area contributed by atoms with Gasteiger partial charge in [-0.1, -0.05) is 19.4 Å². The van der Waals surface area contributed by atoms with Crippen LogP contribution >= 0.6 is 0 Å². The molecule has 1 aliphatic heterocycles. The van der Waals surface area contributed by atoms with Gasteiger partial charge in [-0.2, -0.15) is 4.98 Å². The van der Waals surface area contributed by atoms with E-state index in [1.165, 1.54) is 18.4 Å². The van der Waals surface area contributed by atoms with Crippen LogP contribution < -0.4 is 20.7 Å². The molecule has 0 bridgehead atoms. The van der Waals surface area contributed by atoms with Crippen molar-refractivity contribution in [3.63, 3.8) is 0 Å². The Bertz CT molecular complexity index is 1100. The topological polar surface area (TPSA) is 127 Å². The fraction of sp³-hybridized carbons (Fsp3) is 0.600. The fourth-order valence-electron chi connectivity index (χ4n) is 4.88. The number of pyridine rings is 1. The van der Waals surface area contributed by atoms with Gasteiger partial charge >= 0.3 is 6.01 Å². The summed E-state index contributed by atoms with van der Waals surface area (Å²) in [6.07, 6.45) is 8.83. The minimum atomic E-state index is -0.156. The predicted octanol–water partition coefficient (Wildman–Crippen LogP) is 2.37. The van der Waals surface area contributed by atoms with Crippen LogP contribution in [0.1, 0.15) is 55.8 Å². The molecule has 0 spiro atoms. The number of piperidine rings is 1. The molecule has 10 nitrogen and oxygen atoms in total. The first-order valence-corrected chi connectivity index (χ1v) is 12.6. The molecule has 4 heterocycles. The number of hydrogen-bond donors (Lipinski definition) is 3. The molecule has 1 aliphatic rings. The number of aromatic nitrogens is 5. The second-order valence-electron chi connectivity index (χ2n) is 9.45. The third-order valence-corrected chi connectivity index (χ3v) is 6.67. The Labute approximate surface area is 206 Å². The minimum absolute atomic E-state index is 0.0506. The van der Waals surface area contributed by atoms with E-state index in [4.69, 9.17) is 15.5 Å². The molecular weight excluding hydrogens is 444 g/mol. The molecule has 190 valence electrons. The number of fused-ring (bicyclic) bond motifs is 1. The molecule has 0 aromatic carbocycles. The zero-order valence-electron chi connectivity index (χ0n) is 21.1. The number of aliphatic hydroxyl groups is 1. The van der Waals surface area contributed by atoms with E-state index in [0.29, 0.717) is 18.5 Å². The maximum Gasteiger partial charge on any atom is 0.336 e. The van der Waals surface area contributed by atoms with E-state index in [9.17, 15) is 5.11 Å². The molecule has 3 aromatic rings. The van der Waals surface area contributed by atoms with Gasteiger partial charge in [0.05, 0.1) is 11.9 Å². The Balaban J connectivity index is 1.50. The summed E-state index contributed by atoms with van der Waals surface area (Å²) in [5.41, 5.74) is 9.81. The molecule has 3 aromatic heterocycles. The number of rotatable bonds is 11. The maximum atomic E-state index is 9.33. The molecule has 1 atom stereocenters. The summed E-state index contributed by atoms with van der Waals surface area (Å²) in [4.78, 5) is 15.9. The SMILES string of the molecule is CCCC(CCO)Oc1nc(N)c2ncc(Cc3cnc(N4CCC(CNC)CC4)c(C)c3)n2n1. The van der Waals surface area contributed by atoms with Crippen LogP contribution in [0.2, 0.25) is 0 Å². The number of ether oxygens (including phenoxy) is 1. The molecule has 0 amide bonds. The summed E-state index contributed by atoms with van der Waals surface area (Å²) in [6.45, 7) is 7.42. The molecule has 4 rings (SSSR count). The third-order valence-electron chi connectivity index (χ3n) is 6.67. The Morgan fingerprint density at radius 2 is 2.03 bits per heavy atom. The van der Waals surface area contributed by atoms with Crippen molar-refractivity contribution in [2.45, 2.75) is 58.5 Å². The van der Waals surface area contributed by atoms with E-state index in [2.05, 4.69) is 45.2 Å². The number of aliphatic hydroxyl groups excluding tert-OH is 1. The number of nitrogens with zero attached hydrogens (tertiary/aromatic N) is 6. The van der Waals surface area contributed by atoms with E-state index in [-0.39, 0.29) is 24.5 Å². The number of nitrogens with two attached hydrogens (primary N) is 1. The summed E-state index contributed by atoms with van der Waals surface area (Å²) in [5, 5.41) is 17.2. The molecule has 10 heteroatoms. The summed E-state index contributed by atoms with van der Waals surface area (Å²) >= 11 is 0. The third kappa shape index (κ3) is 5.99.